The third kappa shape index (κ3) is 6.17. The van der Waals surface area contributed by atoms with Crippen LogP contribution in [0.3, 0.4) is 0 Å². The van der Waals surface area contributed by atoms with Crippen LogP contribution in [0.5, 0.6) is 0 Å². The molecule has 152 valence electrons. The first kappa shape index (κ1) is 21.6. The van der Waals surface area contributed by atoms with E-state index >= 15 is 0 Å². The van der Waals surface area contributed by atoms with Crippen LogP contribution in [0.25, 0.3) is 0 Å². The maximum atomic E-state index is 13.8. The third-order valence-corrected chi connectivity index (χ3v) is 6.85. The Morgan fingerprint density at radius 3 is 2.37 bits per heavy atom. The van der Waals surface area contributed by atoms with Crippen molar-refractivity contribution in [3.05, 3.63) is 29.6 Å². The molecule has 0 unspecified atom stereocenters. The first-order valence-electron chi connectivity index (χ1n) is 9.35. The number of amides is 1. The monoisotopic (exact) mass is 399 g/mol. The Labute approximate surface area is 161 Å². The van der Waals surface area contributed by atoms with Gasteiger partial charge >= 0.3 is 0 Å². The van der Waals surface area contributed by atoms with Crippen molar-refractivity contribution >= 4 is 21.6 Å². The highest BCUT2D eigenvalue weighted by Gasteiger charge is 2.26. The predicted molar refractivity (Wildman–Crippen MR) is 106 cm³/mol. The highest BCUT2D eigenvalue weighted by Crippen LogP contribution is 2.26. The summed E-state index contributed by atoms with van der Waals surface area (Å²) in [5, 5.41) is 2.79. The molecule has 27 heavy (non-hydrogen) atoms. The Kier molecular flexibility index (Phi) is 7.22. The molecule has 1 aliphatic rings. The minimum absolute atomic E-state index is 0.00728. The molecule has 6 nitrogen and oxygen atoms in total. The molecule has 0 saturated heterocycles. The van der Waals surface area contributed by atoms with E-state index < -0.39 is 21.1 Å². The summed E-state index contributed by atoms with van der Waals surface area (Å²) in [6.07, 6.45) is 3.39. The zero-order chi connectivity index (χ0) is 20.2. The number of sulfonamides is 1. The second-order valence-electron chi connectivity index (χ2n) is 7.74. The number of anilines is 1. The van der Waals surface area contributed by atoms with Crippen molar-refractivity contribution in [1.29, 1.82) is 0 Å². The van der Waals surface area contributed by atoms with E-state index in [0.29, 0.717) is 23.7 Å². The van der Waals surface area contributed by atoms with Crippen LogP contribution in [-0.4, -0.2) is 51.2 Å². The Hall–Kier alpha value is -1.67. The summed E-state index contributed by atoms with van der Waals surface area (Å²) < 4.78 is 40.5. The fourth-order valence-corrected chi connectivity index (χ4v) is 4.16. The molecule has 2 N–H and O–H groups in total. The largest absolute Gasteiger partial charge is 0.385 e. The average Bonchev–Trinajstić information content (AvgIpc) is 2.59. The van der Waals surface area contributed by atoms with Crippen LogP contribution in [0.1, 0.15) is 49.9 Å². The SMILES string of the molecule is CC(C)S(=O)(=O)NC1CCC(CNc2cc(F)cc(C(=O)N(C)C)c2)CC1. The van der Waals surface area contributed by atoms with E-state index in [-0.39, 0.29) is 11.9 Å². The normalized spacial score (nSPS) is 20.5. The lowest BCUT2D eigenvalue weighted by Crippen LogP contribution is -2.41. The molecule has 2 rings (SSSR count). The molecule has 1 aliphatic carbocycles. The lowest BCUT2D eigenvalue weighted by Gasteiger charge is -2.29. The first-order valence-corrected chi connectivity index (χ1v) is 10.9. The Bertz CT molecular complexity index is 757. The van der Waals surface area contributed by atoms with Crippen LogP contribution in [0.2, 0.25) is 0 Å². The molecule has 1 fully saturated rings. The predicted octanol–water partition coefficient (Wildman–Crippen LogP) is 2.83. The van der Waals surface area contributed by atoms with Gasteiger partial charge in [0.2, 0.25) is 10.0 Å². The summed E-state index contributed by atoms with van der Waals surface area (Å²) in [6, 6.07) is 4.27. The summed E-state index contributed by atoms with van der Waals surface area (Å²) >= 11 is 0. The summed E-state index contributed by atoms with van der Waals surface area (Å²) in [6.45, 7) is 4.01. The molecule has 1 aromatic rings. The second-order valence-corrected chi connectivity index (χ2v) is 10.0. The van der Waals surface area contributed by atoms with Gasteiger partial charge in [-0.2, -0.15) is 0 Å². The Balaban J connectivity index is 1.88. The molecule has 1 saturated carbocycles. The van der Waals surface area contributed by atoms with Gasteiger partial charge in [0, 0.05) is 37.9 Å². The lowest BCUT2D eigenvalue weighted by atomic mass is 9.86. The average molecular weight is 400 g/mol. The number of carbonyl (C=O) groups is 1. The highest BCUT2D eigenvalue weighted by molar-refractivity contribution is 7.90. The van der Waals surface area contributed by atoms with Crippen molar-refractivity contribution in [3.63, 3.8) is 0 Å². The van der Waals surface area contributed by atoms with Gasteiger partial charge in [-0.1, -0.05) is 0 Å². The maximum absolute atomic E-state index is 13.8. The van der Waals surface area contributed by atoms with Crippen molar-refractivity contribution in [2.24, 2.45) is 5.92 Å². The topological polar surface area (TPSA) is 78.5 Å². The molecule has 0 atom stereocenters. The molecule has 1 aromatic carbocycles. The van der Waals surface area contributed by atoms with Gasteiger partial charge in [0.1, 0.15) is 5.82 Å². The number of nitrogens with zero attached hydrogens (tertiary/aromatic N) is 1. The molecule has 0 aliphatic heterocycles. The summed E-state index contributed by atoms with van der Waals surface area (Å²) in [4.78, 5) is 13.4. The molecule has 0 spiro atoms. The van der Waals surface area contributed by atoms with Gasteiger partial charge in [0.25, 0.3) is 5.91 Å². The van der Waals surface area contributed by atoms with E-state index in [0.717, 1.165) is 25.7 Å². The molecule has 0 radical (unpaired) electrons. The molecular formula is C19H30FN3O3S. The van der Waals surface area contributed by atoms with Gasteiger partial charge in [0.15, 0.2) is 0 Å². The van der Waals surface area contributed by atoms with Crippen LogP contribution >= 0.6 is 0 Å². The number of benzene rings is 1. The molecular weight excluding hydrogens is 369 g/mol. The number of hydrogen-bond acceptors (Lipinski definition) is 4. The van der Waals surface area contributed by atoms with Gasteiger partial charge in [-0.25, -0.2) is 17.5 Å². The standard InChI is InChI=1S/C19H30FN3O3S/c1-13(2)27(25,26)22-17-7-5-14(6-8-17)12-21-18-10-15(9-16(20)11-18)19(24)23(3)4/h9-11,13-14,17,21-22H,5-8,12H2,1-4H3. The van der Waals surface area contributed by atoms with Crippen molar-refractivity contribution in [2.75, 3.05) is 26.0 Å². The van der Waals surface area contributed by atoms with Crippen molar-refractivity contribution in [3.8, 4) is 0 Å². The highest BCUT2D eigenvalue weighted by atomic mass is 32.2. The number of rotatable bonds is 7. The fraction of sp³-hybridized carbons (Fsp3) is 0.632. The Morgan fingerprint density at radius 1 is 1.19 bits per heavy atom. The van der Waals surface area contributed by atoms with Gasteiger partial charge in [-0.3, -0.25) is 4.79 Å². The van der Waals surface area contributed by atoms with E-state index in [1.165, 1.54) is 17.0 Å². The summed E-state index contributed by atoms with van der Waals surface area (Å²) in [7, 11) is 0.0240. The fourth-order valence-electron chi connectivity index (χ4n) is 3.19. The molecule has 1 amide bonds. The molecule has 8 heteroatoms. The van der Waals surface area contributed by atoms with E-state index in [1.54, 1.807) is 34.0 Å². The first-order chi connectivity index (χ1) is 12.6. The van der Waals surface area contributed by atoms with Crippen molar-refractivity contribution in [2.45, 2.75) is 50.8 Å². The molecule has 0 heterocycles. The number of hydrogen-bond donors (Lipinski definition) is 2. The minimum Gasteiger partial charge on any atom is -0.385 e. The third-order valence-electron chi connectivity index (χ3n) is 4.94. The van der Waals surface area contributed by atoms with Gasteiger partial charge < -0.3 is 10.2 Å². The summed E-state index contributed by atoms with van der Waals surface area (Å²) in [5.74, 6) is -0.298. The minimum atomic E-state index is -3.24. The van der Waals surface area contributed by atoms with Crippen molar-refractivity contribution < 1.29 is 17.6 Å². The van der Waals surface area contributed by atoms with Gasteiger partial charge in [-0.15, -0.1) is 0 Å². The number of halogens is 1. The van der Waals surface area contributed by atoms with E-state index in [1.807, 2.05) is 0 Å². The smallest absolute Gasteiger partial charge is 0.253 e. The van der Waals surface area contributed by atoms with Crippen LogP contribution in [0.15, 0.2) is 18.2 Å². The van der Waals surface area contributed by atoms with Crippen LogP contribution in [-0.2, 0) is 10.0 Å². The van der Waals surface area contributed by atoms with E-state index in [4.69, 9.17) is 0 Å². The van der Waals surface area contributed by atoms with Crippen LogP contribution < -0.4 is 10.0 Å². The zero-order valence-electron chi connectivity index (χ0n) is 16.5. The van der Waals surface area contributed by atoms with Gasteiger partial charge in [-0.05, 0) is 63.6 Å². The van der Waals surface area contributed by atoms with E-state index in [2.05, 4.69) is 10.0 Å². The number of nitrogens with one attached hydrogen (secondary N) is 2. The maximum Gasteiger partial charge on any atom is 0.253 e. The molecule has 0 bridgehead atoms. The quantitative estimate of drug-likeness (QED) is 0.739. The van der Waals surface area contributed by atoms with E-state index in [9.17, 15) is 17.6 Å². The summed E-state index contributed by atoms with van der Waals surface area (Å²) in [5.41, 5.74) is 0.900. The number of carbonyl (C=O) groups excluding carboxylic acids is 1. The zero-order valence-corrected chi connectivity index (χ0v) is 17.3. The molecule has 0 aromatic heterocycles. The van der Waals surface area contributed by atoms with Gasteiger partial charge in [0.05, 0.1) is 5.25 Å². The lowest BCUT2D eigenvalue weighted by molar-refractivity contribution is 0.0827. The Morgan fingerprint density at radius 2 is 1.81 bits per heavy atom. The van der Waals surface area contributed by atoms with Crippen LogP contribution in [0.4, 0.5) is 10.1 Å². The van der Waals surface area contributed by atoms with Crippen LogP contribution in [0, 0.1) is 11.7 Å². The second kappa shape index (κ2) is 9.01. The van der Waals surface area contributed by atoms with Crippen molar-refractivity contribution in [1.82, 2.24) is 9.62 Å².